The maximum atomic E-state index is 5.77. The van der Waals surface area contributed by atoms with Crippen LogP contribution in [0.4, 0.5) is 0 Å². The van der Waals surface area contributed by atoms with E-state index < -0.39 is 5.60 Å². The van der Waals surface area contributed by atoms with Crippen LogP contribution in [0, 0.1) is 0 Å². The van der Waals surface area contributed by atoms with Gasteiger partial charge in [0, 0.05) is 19.2 Å². The normalized spacial score (nSPS) is 14.3. The zero-order valence-electron chi connectivity index (χ0n) is 10.6. The largest absolute Gasteiger partial charge is 0.363 e. The van der Waals surface area contributed by atoms with E-state index in [-0.39, 0.29) is 0 Å². The lowest BCUT2D eigenvalue weighted by atomic mass is 9.91. The molecule has 2 aromatic rings. The number of aromatic nitrogens is 1. The first kappa shape index (κ1) is 11.8. The van der Waals surface area contributed by atoms with Gasteiger partial charge in [-0.2, -0.15) is 0 Å². The van der Waals surface area contributed by atoms with Crippen molar-refractivity contribution in [1.82, 2.24) is 0 Å². The lowest BCUT2D eigenvalue weighted by molar-refractivity contribution is -0.685. The van der Waals surface area contributed by atoms with Gasteiger partial charge in [0.25, 0.3) is 0 Å². The van der Waals surface area contributed by atoms with Gasteiger partial charge in [-0.05, 0) is 18.6 Å². The molecule has 0 N–H and O–H groups in total. The van der Waals surface area contributed by atoms with Crippen molar-refractivity contribution in [3.05, 3.63) is 66.0 Å². The zero-order valence-corrected chi connectivity index (χ0v) is 10.6. The Hall–Kier alpha value is -1.67. The summed E-state index contributed by atoms with van der Waals surface area (Å²) in [6.45, 7) is 2.09. The fourth-order valence-corrected chi connectivity index (χ4v) is 2.15. The van der Waals surface area contributed by atoms with Crippen molar-refractivity contribution < 1.29 is 9.30 Å². The van der Waals surface area contributed by atoms with Gasteiger partial charge in [-0.15, -0.1) is 0 Å². The molecule has 0 amide bonds. The molecule has 0 spiro atoms. The van der Waals surface area contributed by atoms with Crippen LogP contribution < -0.4 is 4.57 Å². The standard InChI is InChI=1S/C15H18NO/c1-15(17-3,13-9-5-4-6-10-13)14-11-7-8-12-16(14)2/h4-12H,1-3H3/q+1. The fourth-order valence-electron chi connectivity index (χ4n) is 2.15. The van der Waals surface area contributed by atoms with E-state index in [0.29, 0.717) is 0 Å². The minimum Gasteiger partial charge on any atom is -0.363 e. The Morgan fingerprint density at radius 3 is 2.24 bits per heavy atom. The van der Waals surface area contributed by atoms with Crippen molar-refractivity contribution in [2.24, 2.45) is 7.05 Å². The molecular weight excluding hydrogens is 210 g/mol. The Kier molecular flexibility index (Phi) is 3.25. The molecule has 1 unspecified atom stereocenters. The van der Waals surface area contributed by atoms with Crippen LogP contribution in [0.5, 0.6) is 0 Å². The molecule has 1 aromatic heterocycles. The van der Waals surface area contributed by atoms with Crippen molar-refractivity contribution in [3.8, 4) is 0 Å². The predicted molar refractivity (Wildman–Crippen MR) is 67.5 cm³/mol. The molecule has 1 atom stereocenters. The molecule has 0 bridgehead atoms. The Morgan fingerprint density at radius 2 is 1.65 bits per heavy atom. The van der Waals surface area contributed by atoms with Gasteiger partial charge >= 0.3 is 0 Å². The van der Waals surface area contributed by atoms with Gasteiger partial charge in [-0.1, -0.05) is 30.3 Å². The molecule has 2 heteroatoms. The number of pyridine rings is 1. The highest BCUT2D eigenvalue weighted by Gasteiger charge is 2.35. The Labute approximate surface area is 102 Å². The summed E-state index contributed by atoms with van der Waals surface area (Å²) < 4.78 is 7.86. The lowest BCUT2D eigenvalue weighted by Gasteiger charge is -2.25. The number of hydrogen-bond acceptors (Lipinski definition) is 1. The zero-order chi connectivity index (χ0) is 12.3. The van der Waals surface area contributed by atoms with Crippen molar-refractivity contribution in [2.75, 3.05) is 7.11 Å². The van der Waals surface area contributed by atoms with E-state index in [0.717, 1.165) is 11.3 Å². The first-order valence-electron chi connectivity index (χ1n) is 5.74. The van der Waals surface area contributed by atoms with E-state index in [1.165, 1.54) is 0 Å². The van der Waals surface area contributed by atoms with Gasteiger partial charge in [0.15, 0.2) is 11.8 Å². The van der Waals surface area contributed by atoms with Gasteiger partial charge < -0.3 is 4.74 Å². The van der Waals surface area contributed by atoms with E-state index in [2.05, 4.69) is 29.7 Å². The second-order valence-corrected chi connectivity index (χ2v) is 4.30. The summed E-state index contributed by atoms with van der Waals surface area (Å²) in [5.41, 5.74) is 1.87. The number of ether oxygens (including phenoxy) is 1. The maximum absolute atomic E-state index is 5.77. The van der Waals surface area contributed by atoms with Gasteiger partial charge in [-0.3, -0.25) is 0 Å². The molecule has 0 saturated heterocycles. The molecule has 1 aromatic carbocycles. The first-order valence-corrected chi connectivity index (χ1v) is 5.74. The van der Waals surface area contributed by atoms with E-state index in [9.17, 15) is 0 Å². The van der Waals surface area contributed by atoms with Crippen molar-refractivity contribution >= 4 is 0 Å². The molecule has 2 rings (SSSR count). The third-order valence-corrected chi connectivity index (χ3v) is 3.28. The van der Waals surface area contributed by atoms with Crippen LogP contribution in [-0.2, 0) is 17.4 Å². The molecule has 0 radical (unpaired) electrons. The summed E-state index contributed by atoms with van der Waals surface area (Å²) in [6.07, 6.45) is 2.04. The average Bonchev–Trinajstić information content (AvgIpc) is 2.39. The van der Waals surface area contributed by atoms with Crippen LogP contribution in [0.3, 0.4) is 0 Å². The van der Waals surface area contributed by atoms with Crippen LogP contribution >= 0.6 is 0 Å². The Morgan fingerprint density at radius 1 is 1.00 bits per heavy atom. The lowest BCUT2D eigenvalue weighted by Crippen LogP contribution is -2.43. The quantitative estimate of drug-likeness (QED) is 0.735. The van der Waals surface area contributed by atoms with Crippen LogP contribution in [0.25, 0.3) is 0 Å². The van der Waals surface area contributed by atoms with Crippen LogP contribution in [0.2, 0.25) is 0 Å². The van der Waals surface area contributed by atoms with Gasteiger partial charge in [0.2, 0.25) is 5.69 Å². The van der Waals surface area contributed by atoms with Gasteiger partial charge in [0.05, 0.1) is 0 Å². The maximum Gasteiger partial charge on any atom is 0.217 e. The van der Waals surface area contributed by atoms with Gasteiger partial charge in [-0.25, -0.2) is 4.57 Å². The molecule has 2 nitrogen and oxygen atoms in total. The SMILES string of the molecule is COC(C)(c1ccccc1)c1cccc[n+]1C. The van der Waals surface area contributed by atoms with Crippen LogP contribution in [0.1, 0.15) is 18.2 Å². The summed E-state index contributed by atoms with van der Waals surface area (Å²) in [5.74, 6) is 0. The third-order valence-electron chi connectivity index (χ3n) is 3.28. The number of benzene rings is 1. The highest BCUT2D eigenvalue weighted by molar-refractivity contribution is 5.29. The fraction of sp³-hybridized carbons (Fsp3) is 0.267. The molecule has 1 heterocycles. The Balaban J connectivity index is 2.56. The number of hydrogen-bond donors (Lipinski definition) is 0. The van der Waals surface area contributed by atoms with Gasteiger partial charge in [0.1, 0.15) is 7.05 Å². The predicted octanol–water partition coefficient (Wildman–Crippen LogP) is 2.42. The summed E-state index contributed by atoms with van der Waals surface area (Å²) in [4.78, 5) is 0. The van der Waals surface area contributed by atoms with Crippen LogP contribution in [-0.4, -0.2) is 7.11 Å². The molecule has 0 saturated carbocycles. The van der Waals surface area contributed by atoms with E-state index in [1.54, 1.807) is 7.11 Å². The van der Waals surface area contributed by atoms with Crippen molar-refractivity contribution in [2.45, 2.75) is 12.5 Å². The topological polar surface area (TPSA) is 13.1 Å². The van der Waals surface area contributed by atoms with E-state index >= 15 is 0 Å². The van der Waals surface area contributed by atoms with Crippen LogP contribution in [0.15, 0.2) is 54.7 Å². The highest BCUT2D eigenvalue weighted by Crippen LogP contribution is 2.29. The summed E-state index contributed by atoms with van der Waals surface area (Å²) in [6, 6.07) is 16.4. The van der Waals surface area contributed by atoms with E-state index in [4.69, 9.17) is 4.74 Å². The minimum absolute atomic E-state index is 0.419. The molecule has 88 valence electrons. The number of rotatable bonds is 3. The number of nitrogens with zero attached hydrogens (tertiary/aromatic N) is 1. The summed E-state index contributed by atoms with van der Waals surface area (Å²) in [7, 11) is 3.79. The molecule has 0 aliphatic carbocycles. The summed E-state index contributed by atoms with van der Waals surface area (Å²) in [5, 5.41) is 0. The summed E-state index contributed by atoms with van der Waals surface area (Å²) >= 11 is 0. The third kappa shape index (κ3) is 2.08. The molecule has 17 heavy (non-hydrogen) atoms. The average molecular weight is 228 g/mol. The van der Waals surface area contributed by atoms with Crippen molar-refractivity contribution in [1.29, 1.82) is 0 Å². The number of aryl methyl sites for hydroxylation is 1. The Bertz CT molecular complexity index is 495. The monoisotopic (exact) mass is 228 g/mol. The second-order valence-electron chi connectivity index (χ2n) is 4.30. The smallest absolute Gasteiger partial charge is 0.217 e. The molecular formula is C15H18NO+. The molecule has 0 aliphatic heterocycles. The number of methoxy groups -OCH3 is 1. The second kappa shape index (κ2) is 4.68. The van der Waals surface area contributed by atoms with E-state index in [1.807, 2.05) is 43.6 Å². The highest BCUT2D eigenvalue weighted by atomic mass is 16.5. The molecule has 0 aliphatic rings. The molecule has 0 fully saturated rings. The first-order chi connectivity index (χ1) is 8.18. The minimum atomic E-state index is -0.419. The van der Waals surface area contributed by atoms with Crippen molar-refractivity contribution in [3.63, 3.8) is 0 Å².